The van der Waals surface area contributed by atoms with Gasteiger partial charge in [-0.25, -0.2) is 0 Å². The zero-order valence-electron chi connectivity index (χ0n) is 14.6. The predicted octanol–water partition coefficient (Wildman–Crippen LogP) is 4.87. The fourth-order valence-electron chi connectivity index (χ4n) is 2.64. The van der Waals surface area contributed by atoms with Crippen molar-refractivity contribution in [3.8, 4) is 12.3 Å². The Kier molecular flexibility index (Phi) is 10.8. The Morgan fingerprint density at radius 2 is 1.64 bits per heavy atom. The van der Waals surface area contributed by atoms with Crippen molar-refractivity contribution < 1.29 is 25.8 Å². The van der Waals surface area contributed by atoms with Gasteiger partial charge in [0.1, 0.15) is 0 Å². The molecule has 2 heteroatoms. The van der Waals surface area contributed by atoms with E-state index >= 15 is 0 Å². The maximum atomic E-state index is 5.46. The molecule has 1 saturated carbocycles. The molecule has 0 saturated heterocycles. The van der Waals surface area contributed by atoms with E-state index in [0.29, 0.717) is 6.10 Å². The van der Waals surface area contributed by atoms with Crippen molar-refractivity contribution in [2.75, 3.05) is 6.61 Å². The number of aryl methyl sites for hydroxylation is 2. The molecule has 1 nitrogen and oxygen atoms in total. The fraction of sp³-hybridized carbons (Fsp3) is 0.550. The van der Waals surface area contributed by atoms with Gasteiger partial charge in [0, 0.05) is 6.61 Å². The molecule has 1 aromatic rings. The molecule has 0 heterocycles. The standard InChI is InChI=1S/C12H13.C8H15O.W/c1-6-12-10(4)8(2)7-9(3)11(12)5;1-2-9-8-6-4-3-5-7-8;/h1H,2-5H3;3,8H,2,4-7H2,1H3;/q2*-1;+2. The van der Waals surface area contributed by atoms with Gasteiger partial charge in [-0.05, 0) is 6.92 Å². The number of benzene rings is 1. The molecule has 1 aromatic carbocycles. The SMILES string of the molecule is C#Cc1c(C)c(C)[c-]c(C)c1C.CCOC1CC[CH-]CC1.[W+2]. The van der Waals surface area contributed by atoms with E-state index in [1.54, 1.807) is 0 Å². The summed E-state index contributed by atoms with van der Waals surface area (Å²) in [5.74, 6) is 2.73. The van der Waals surface area contributed by atoms with Crippen molar-refractivity contribution in [1.82, 2.24) is 0 Å². The van der Waals surface area contributed by atoms with Crippen LogP contribution in [0.2, 0.25) is 0 Å². The number of rotatable bonds is 2. The molecule has 0 bridgehead atoms. The topological polar surface area (TPSA) is 9.23 Å². The molecule has 0 amide bonds. The summed E-state index contributed by atoms with van der Waals surface area (Å²) in [4.78, 5) is 0. The van der Waals surface area contributed by atoms with Crippen molar-refractivity contribution in [2.24, 2.45) is 0 Å². The molecule has 0 aliphatic heterocycles. The summed E-state index contributed by atoms with van der Waals surface area (Å²) >= 11 is 0. The number of hydrogen-bond donors (Lipinski definition) is 0. The van der Waals surface area contributed by atoms with Crippen LogP contribution in [0.1, 0.15) is 60.4 Å². The molecule has 0 N–H and O–H groups in total. The molecular formula is C20H28OW. The first-order valence-corrected chi connectivity index (χ1v) is 7.90. The summed E-state index contributed by atoms with van der Waals surface area (Å²) in [7, 11) is 0. The van der Waals surface area contributed by atoms with Crippen molar-refractivity contribution in [2.45, 2.75) is 66.4 Å². The van der Waals surface area contributed by atoms with E-state index in [2.05, 4.69) is 25.3 Å². The Morgan fingerprint density at radius 3 is 2.05 bits per heavy atom. The van der Waals surface area contributed by atoms with E-state index < -0.39 is 0 Å². The van der Waals surface area contributed by atoms with Gasteiger partial charge in [0.2, 0.25) is 0 Å². The van der Waals surface area contributed by atoms with E-state index in [-0.39, 0.29) is 21.1 Å². The van der Waals surface area contributed by atoms with Crippen molar-refractivity contribution in [3.05, 3.63) is 40.3 Å². The summed E-state index contributed by atoms with van der Waals surface area (Å²) < 4.78 is 5.46. The number of ether oxygens (including phenoxy) is 1. The first-order valence-electron chi connectivity index (χ1n) is 7.90. The zero-order valence-corrected chi connectivity index (χ0v) is 17.5. The van der Waals surface area contributed by atoms with Crippen LogP contribution in [-0.4, -0.2) is 12.7 Å². The van der Waals surface area contributed by atoms with Gasteiger partial charge in [0.25, 0.3) is 0 Å². The maximum absolute atomic E-state index is 5.46. The average Bonchev–Trinajstić information content (AvgIpc) is 2.48. The molecule has 22 heavy (non-hydrogen) atoms. The van der Waals surface area contributed by atoms with Gasteiger partial charge < -0.3 is 11.2 Å². The number of terminal acetylenes is 1. The monoisotopic (exact) mass is 468 g/mol. The molecule has 0 radical (unpaired) electrons. The van der Waals surface area contributed by atoms with Crippen LogP contribution < -0.4 is 0 Å². The molecule has 0 spiro atoms. The van der Waals surface area contributed by atoms with Crippen molar-refractivity contribution in [3.63, 3.8) is 0 Å². The summed E-state index contributed by atoms with van der Waals surface area (Å²) in [6, 6.07) is 3.29. The van der Waals surface area contributed by atoms with Crippen LogP contribution in [0.5, 0.6) is 0 Å². The Labute approximate surface area is 151 Å². The summed E-state index contributed by atoms with van der Waals surface area (Å²) in [5, 5.41) is 0. The second kappa shape index (κ2) is 11.0. The molecule has 0 atom stereocenters. The summed E-state index contributed by atoms with van der Waals surface area (Å²) in [6.45, 7) is 11.1. The zero-order chi connectivity index (χ0) is 15.8. The Bertz CT molecular complexity index is 464. The Balaban J connectivity index is 0.000000397. The third kappa shape index (κ3) is 6.27. The quantitative estimate of drug-likeness (QED) is 0.445. The van der Waals surface area contributed by atoms with Crippen LogP contribution in [0.15, 0.2) is 0 Å². The Hall–Kier alpha value is -0.572. The van der Waals surface area contributed by atoms with Crippen LogP contribution >= 0.6 is 0 Å². The van der Waals surface area contributed by atoms with Crippen LogP contribution in [-0.2, 0) is 25.8 Å². The van der Waals surface area contributed by atoms with E-state index in [4.69, 9.17) is 11.2 Å². The molecule has 0 unspecified atom stereocenters. The van der Waals surface area contributed by atoms with Crippen LogP contribution in [0.25, 0.3) is 0 Å². The van der Waals surface area contributed by atoms with Crippen LogP contribution in [0.3, 0.4) is 0 Å². The van der Waals surface area contributed by atoms with E-state index in [1.807, 2.05) is 27.7 Å². The number of hydrogen-bond acceptors (Lipinski definition) is 1. The van der Waals surface area contributed by atoms with Gasteiger partial charge in [-0.2, -0.15) is 30.0 Å². The second-order valence-corrected chi connectivity index (χ2v) is 5.67. The van der Waals surface area contributed by atoms with Gasteiger partial charge >= 0.3 is 21.1 Å². The molecule has 2 rings (SSSR count). The van der Waals surface area contributed by atoms with Crippen LogP contribution in [0, 0.1) is 52.5 Å². The van der Waals surface area contributed by atoms with Gasteiger partial charge in [-0.15, -0.1) is 17.6 Å². The molecule has 1 aliphatic carbocycles. The normalized spacial score (nSPS) is 14.4. The summed E-state index contributed by atoms with van der Waals surface area (Å²) in [5.41, 5.74) is 5.71. The third-order valence-electron chi connectivity index (χ3n) is 4.18. The minimum atomic E-state index is 0. The molecular weight excluding hydrogens is 440 g/mol. The van der Waals surface area contributed by atoms with Gasteiger partial charge in [0.15, 0.2) is 0 Å². The Morgan fingerprint density at radius 1 is 1.14 bits per heavy atom. The van der Waals surface area contributed by atoms with Gasteiger partial charge in [-0.3, -0.25) is 0 Å². The van der Waals surface area contributed by atoms with Crippen molar-refractivity contribution in [1.29, 1.82) is 0 Å². The maximum Gasteiger partial charge on any atom is 2.00 e. The van der Waals surface area contributed by atoms with Gasteiger partial charge in [-0.1, -0.05) is 52.0 Å². The summed E-state index contributed by atoms with van der Waals surface area (Å²) in [6.07, 6.45) is 13.3. The molecule has 120 valence electrons. The predicted molar refractivity (Wildman–Crippen MR) is 90.3 cm³/mol. The molecule has 1 fully saturated rings. The largest absolute Gasteiger partial charge is 2.00 e. The van der Waals surface area contributed by atoms with Crippen LogP contribution in [0.4, 0.5) is 0 Å². The molecule has 1 aliphatic rings. The van der Waals surface area contributed by atoms with E-state index in [9.17, 15) is 0 Å². The smallest absolute Gasteiger partial charge is 0.379 e. The minimum Gasteiger partial charge on any atom is -0.379 e. The van der Waals surface area contributed by atoms with E-state index in [0.717, 1.165) is 23.3 Å². The third-order valence-corrected chi connectivity index (χ3v) is 4.18. The molecule has 0 aromatic heterocycles. The minimum absolute atomic E-state index is 0. The first kappa shape index (κ1) is 21.4. The average molecular weight is 468 g/mol. The van der Waals surface area contributed by atoms with E-state index in [1.165, 1.54) is 36.8 Å². The fourth-order valence-corrected chi connectivity index (χ4v) is 2.64. The first-order chi connectivity index (χ1) is 10.0. The van der Waals surface area contributed by atoms with Gasteiger partial charge in [0.05, 0.1) is 6.10 Å². The second-order valence-electron chi connectivity index (χ2n) is 5.67. The van der Waals surface area contributed by atoms with Crippen molar-refractivity contribution >= 4 is 0 Å².